The Kier molecular flexibility index (Phi) is 5.68. The SMILES string of the molecule is Cc1cccc(CCNC(=O)c2cn(Cc3ccc(Cl)cc3)c3ccccc23)c1. The summed E-state index contributed by atoms with van der Waals surface area (Å²) in [5.74, 6) is -0.0382. The molecule has 146 valence electrons. The average Bonchev–Trinajstić information content (AvgIpc) is 3.08. The summed E-state index contributed by atoms with van der Waals surface area (Å²) in [6, 6.07) is 24.2. The normalized spacial score (nSPS) is 11.0. The van der Waals surface area contributed by atoms with E-state index in [0.29, 0.717) is 18.7 Å². The predicted molar refractivity (Wildman–Crippen MR) is 120 cm³/mol. The number of carbonyl (C=O) groups excluding carboxylic acids is 1. The molecule has 4 rings (SSSR count). The molecule has 0 aliphatic heterocycles. The topological polar surface area (TPSA) is 34.0 Å². The van der Waals surface area contributed by atoms with E-state index in [-0.39, 0.29) is 5.91 Å². The molecule has 4 aromatic rings. The number of fused-ring (bicyclic) bond motifs is 1. The van der Waals surface area contributed by atoms with Crippen molar-refractivity contribution in [3.63, 3.8) is 0 Å². The van der Waals surface area contributed by atoms with E-state index in [0.717, 1.165) is 27.9 Å². The number of rotatable bonds is 6. The first-order valence-corrected chi connectivity index (χ1v) is 10.1. The summed E-state index contributed by atoms with van der Waals surface area (Å²) < 4.78 is 2.12. The maximum absolute atomic E-state index is 12.9. The Labute approximate surface area is 175 Å². The highest BCUT2D eigenvalue weighted by molar-refractivity contribution is 6.30. The Hall–Kier alpha value is -3.04. The van der Waals surface area contributed by atoms with Crippen molar-refractivity contribution in [2.75, 3.05) is 6.54 Å². The van der Waals surface area contributed by atoms with Crippen molar-refractivity contribution < 1.29 is 4.79 Å². The number of nitrogens with zero attached hydrogens (tertiary/aromatic N) is 1. The molecule has 1 aromatic heterocycles. The molecule has 0 saturated carbocycles. The minimum absolute atomic E-state index is 0.0382. The maximum Gasteiger partial charge on any atom is 0.253 e. The van der Waals surface area contributed by atoms with E-state index in [1.54, 1.807) is 0 Å². The fraction of sp³-hybridized carbons (Fsp3) is 0.160. The van der Waals surface area contributed by atoms with Crippen LogP contribution in [0.2, 0.25) is 5.02 Å². The number of aromatic nitrogens is 1. The molecular formula is C25H23ClN2O. The average molecular weight is 403 g/mol. The Bertz CT molecular complexity index is 1150. The van der Waals surface area contributed by atoms with Crippen molar-refractivity contribution in [1.29, 1.82) is 0 Å². The van der Waals surface area contributed by atoms with Crippen LogP contribution in [0.25, 0.3) is 10.9 Å². The van der Waals surface area contributed by atoms with Gasteiger partial charge in [-0.1, -0.05) is 71.8 Å². The van der Waals surface area contributed by atoms with E-state index in [9.17, 15) is 4.79 Å². The number of benzene rings is 3. The van der Waals surface area contributed by atoms with Crippen LogP contribution in [0, 0.1) is 6.92 Å². The molecule has 0 aliphatic rings. The number of carbonyl (C=O) groups is 1. The molecule has 0 spiro atoms. The van der Waals surface area contributed by atoms with Gasteiger partial charge in [-0.2, -0.15) is 0 Å². The minimum Gasteiger partial charge on any atom is -0.352 e. The first kappa shape index (κ1) is 19.3. The van der Waals surface area contributed by atoms with Gasteiger partial charge in [-0.05, 0) is 42.7 Å². The summed E-state index contributed by atoms with van der Waals surface area (Å²) in [7, 11) is 0. The number of nitrogens with one attached hydrogen (secondary N) is 1. The summed E-state index contributed by atoms with van der Waals surface area (Å²) in [6.45, 7) is 3.38. The van der Waals surface area contributed by atoms with Crippen molar-refractivity contribution in [3.05, 3.63) is 106 Å². The lowest BCUT2D eigenvalue weighted by Crippen LogP contribution is -2.25. The Morgan fingerprint density at radius 2 is 1.76 bits per heavy atom. The Morgan fingerprint density at radius 1 is 0.966 bits per heavy atom. The lowest BCUT2D eigenvalue weighted by atomic mass is 10.1. The van der Waals surface area contributed by atoms with Gasteiger partial charge >= 0.3 is 0 Å². The number of hydrogen-bond donors (Lipinski definition) is 1. The molecular weight excluding hydrogens is 380 g/mol. The molecule has 0 atom stereocenters. The largest absolute Gasteiger partial charge is 0.352 e. The second-order valence-corrected chi connectivity index (χ2v) is 7.75. The molecule has 0 radical (unpaired) electrons. The van der Waals surface area contributed by atoms with Gasteiger partial charge in [-0.15, -0.1) is 0 Å². The molecule has 3 aromatic carbocycles. The number of para-hydroxylation sites is 1. The van der Waals surface area contributed by atoms with E-state index in [2.05, 4.69) is 47.1 Å². The standard InChI is InChI=1S/C25H23ClN2O/c1-18-5-4-6-19(15-18)13-14-27-25(29)23-17-28(24-8-3-2-7-22(23)24)16-20-9-11-21(26)12-10-20/h2-12,15,17H,13-14,16H2,1H3,(H,27,29). The zero-order valence-electron chi connectivity index (χ0n) is 16.4. The van der Waals surface area contributed by atoms with Crippen molar-refractivity contribution >= 4 is 28.4 Å². The molecule has 0 bridgehead atoms. The molecule has 29 heavy (non-hydrogen) atoms. The van der Waals surface area contributed by atoms with Gasteiger partial charge in [0.2, 0.25) is 0 Å². The van der Waals surface area contributed by atoms with Crippen LogP contribution in [-0.4, -0.2) is 17.0 Å². The first-order valence-electron chi connectivity index (χ1n) is 9.76. The monoisotopic (exact) mass is 402 g/mol. The van der Waals surface area contributed by atoms with Crippen LogP contribution in [0.4, 0.5) is 0 Å². The van der Waals surface area contributed by atoms with Crippen molar-refractivity contribution in [2.24, 2.45) is 0 Å². The van der Waals surface area contributed by atoms with E-state index in [1.165, 1.54) is 11.1 Å². The van der Waals surface area contributed by atoms with Crippen molar-refractivity contribution in [1.82, 2.24) is 9.88 Å². The van der Waals surface area contributed by atoms with Crippen LogP contribution in [0.3, 0.4) is 0 Å². The number of halogens is 1. The van der Waals surface area contributed by atoms with Crippen LogP contribution in [0.5, 0.6) is 0 Å². The van der Waals surface area contributed by atoms with Gasteiger partial charge in [0.25, 0.3) is 5.91 Å². The van der Waals surface area contributed by atoms with Crippen LogP contribution >= 0.6 is 11.6 Å². The Morgan fingerprint density at radius 3 is 2.55 bits per heavy atom. The molecule has 1 amide bonds. The van der Waals surface area contributed by atoms with Crippen molar-refractivity contribution in [3.8, 4) is 0 Å². The predicted octanol–water partition coefficient (Wildman–Crippen LogP) is 5.62. The molecule has 3 nitrogen and oxygen atoms in total. The molecule has 0 saturated heterocycles. The van der Waals surface area contributed by atoms with Gasteiger partial charge in [-0.3, -0.25) is 4.79 Å². The van der Waals surface area contributed by atoms with Gasteiger partial charge in [-0.25, -0.2) is 0 Å². The summed E-state index contributed by atoms with van der Waals surface area (Å²) in [6.07, 6.45) is 2.76. The summed E-state index contributed by atoms with van der Waals surface area (Å²) >= 11 is 6.00. The summed E-state index contributed by atoms with van der Waals surface area (Å²) in [5.41, 5.74) is 5.36. The van der Waals surface area contributed by atoms with Crippen LogP contribution < -0.4 is 5.32 Å². The van der Waals surface area contributed by atoms with Crippen LogP contribution in [0.15, 0.2) is 79.0 Å². The molecule has 4 heteroatoms. The third-order valence-corrected chi connectivity index (χ3v) is 5.33. The first-order chi connectivity index (χ1) is 14.1. The highest BCUT2D eigenvalue weighted by atomic mass is 35.5. The second kappa shape index (κ2) is 8.54. The molecule has 1 N–H and O–H groups in total. The second-order valence-electron chi connectivity index (χ2n) is 7.31. The molecule has 0 aliphatic carbocycles. The zero-order chi connectivity index (χ0) is 20.2. The maximum atomic E-state index is 12.9. The quantitative estimate of drug-likeness (QED) is 0.446. The van der Waals surface area contributed by atoms with E-state index in [1.807, 2.05) is 48.7 Å². The van der Waals surface area contributed by atoms with Gasteiger partial charge in [0, 0.05) is 35.2 Å². The fourth-order valence-corrected chi connectivity index (χ4v) is 3.75. The third kappa shape index (κ3) is 4.52. The van der Waals surface area contributed by atoms with Crippen LogP contribution in [-0.2, 0) is 13.0 Å². The van der Waals surface area contributed by atoms with Gasteiger partial charge in [0.05, 0.1) is 5.56 Å². The van der Waals surface area contributed by atoms with Gasteiger partial charge in [0.1, 0.15) is 0 Å². The highest BCUT2D eigenvalue weighted by Gasteiger charge is 2.14. The van der Waals surface area contributed by atoms with E-state index < -0.39 is 0 Å². The fourth-order valence-electron chi connectivity index (χ4n) is 3.63. The molecule has 0 unspecified atom stereocenters. The molecule has 0 fully saturated rings. The van der Waals surface area contributed by atoms with Gasteiger partial charge in [0.15, 0.2) is 0 Å². The Balaban J connectivity index is 1.52. The summed E-state index contributed by atoms with van der Waals surface area (Å²) in [4.78, 5) is 12.9. The van der Waals surface area contributed by atoms with E-state index >= 15 is 0 Å². The van der Waals surface area contributed by atoms with E-state index in [4.69, 9.17) is 11.6 Å². The van der Waals surface area contributed by atoms with Crippen LogP contribution in [0.1, 0.15) is 27.0 Å². The third-order valence-electron chi connectivity index (χ3n) is 5.08. The smallest absolute Gasteiger partial charge is 0.253 e. The summed E-state index contributed by atoms with van der Waals surface area (Å²) in [5, 5.41) is 4.76. The number of aryl methyl sites for hydroxylation is 1. The number of hydrogen-bond acceptors (Lipinski definition) is 1. The minimum atomic E-state index is -0.0382. The highest BCUT2D eigenvalue weighted by Crippen LogP contribution is 2.23. The lowest BCUT2D eigenvalue weighted by Gasteiger charge is -2.06. The zero-order valence-corrected chi connectivity index (χ0v) is 17.1. The number of amides is 1. The molecule has 1 heterocycles. The van der Waals surface area contributed by atoms with Crippen molar-refractivity contribution in [2.45, 2.75) is 19.9 Å². The lowest BCUT2D eigenvalue weighted by molar-refractivity contribution is 0.0955. The van der Waals surface area contributed by atoms with Gasteiger partial charge < -0.3 is 9.88 Å².